The zero-order valence-electron chi connectivity index (χ0n) is 21.7. The number of pyridine rings is 2. The largest absolute Gasteiger partial charge is 0.495 e. The van der Waals surface area contributed by atoms with Gasteiger partial charge in [0, 0.05) is 41.5 Å². The number of hydrogen-bond donors (Lipinski definition) is 3. The maximum Gasteiger partial charge on any atom is 0.319 e. The van der Waals surface area contributed by atoms with Gasteiger partial charge in [0.2, 0.25) is 10.0 Å². The molecule has 10 nitrogen and oxygen atoms in total. The quantitative estimate of drug-likeness (QED) is 0.375. The molecule has 1 aliphatic heterocycles. The zero-order chi connectivity index (χ0) is 27.6. The number of urea groups is 1. The lowest BCUT2D eigenvalue weighted by Crippen LogP contribution is -2.51. The summed E-state index contributed by atoms with van der Waals surface area (Å²) in [5.74, 6) is 0.565. The van der Waals surface area contributed by atoms with Crippen LogP contribution in [0.4, 0.5) is 16.2 Å². The molecule has 3 heterocycles. The fraction of sp³-hybridized carbons (Fsp3) is 0.370. The number of amides is 2. The third-order valence-electron chi connectivity index (χ3n) is 7.14. The van der Waals surface area contributed by atoms with Crippen molar-refractivity contribution >= 4 is 39.0 Å². The van der Waals surface area contributed by atoms with Crippen LogP contribution < -0.4 is 25.0 Å². The number of hydrogen-bond acceptors (Lipinski definition) is 7. The Morgan fingerprint density at radius 3 is 2.44 bits per heavy atom. The van der Waals surface area contributed by atoms with Gasteiger partial charge in [-0.1, -0.05) is 11.6 Å². The van der Waals surface area contributed by atoms with Crippen LogP contribution >= 0.6 is 11.6 Å². The number of ether oxygens (including phenoxy) is 1. The van der Waals surface area contributed by atoms with Crippen molar-refractivity contribution in [3.63, 3.8) is 0 Å². The van der Waals surface area contributed by atoms with Gasteiger partial charge in [0.1, 0.15) is 5.75 Å². The van der Waals surface area contributed by atoms with Gasteiger partial charge in [0.15, 0.2) is 0 Å². The number of carbonyl (C=O) groups excluding carboxylic acids is 1. The van der Waals surface area contributed by atoms with Crippen LogP contribution in [-0.2, 0) is 15.6 Å². The van der Waals surface area contributed by atoms with Crippen LogP contribution in [0.5, 0.6) is 5.75 Å². The number of aromatic nitrogens is 2. The van der Waals surface area contributed by atoms with Gasteiger partial charge < -0.3 is 20.3 Å². The second-order valence-corrected chi connectivity index (χ2v) is 12.2. The Hall–Kier alpha value is -3.41. The van der Waals surface area contributed by atoms with Crippen molar-refractivity contribution in [3.8, 4) is 5.75 Å². The zero-order valence-corrected chi connectivity index (χ0v) is 23.3. The van der Waals surface area contributed by atoms with E-state index in [0.717, 1.165) is 29.9 Å². The highest BCUT2D eigenvalue weighted by atomic mass is 35.5. The Morgan fingerprint density at radius 1 is 1.08 bits per heavy atom. The first kappa shape index (κ1) is 27.2. The van der Waals surface area contributed by atoms with Gasteiger partial charge in [-0.15, -0.1) is 0 Å². The molecule has 1 saturated carbocycles. The number of nitrogens with zero attached hydrogens (tertiary/aromatic N) is 3. The van der Waals surface area contributed by atoms with Gasteiger partial charge in [0.25, 0.3) is 0 Å². The lowest BCUT2D eigenvalue weighted by Gasteiger charge is -2.39. The molecule has 3 N–H and O–H groups in total. The van der Waals surface area contributed by atoms with Gasteiger partial charge >= 0.3 is 6.03 Å². The van der Waals surface area contributed by atoms with Crippen molar-refractivity contribution in [1.82, 2.24) is 20.0 Å². The van der Waals surface area contributed by atoms with E-state index in [1.165, 1.54) is 6.26 Å². The monoisotopic (exact) mass is 570 g/mol. The molecular weight excluding hydrogens is 540 g/mol. The van der Waals surface area contributed by atoms with Crippen LogP contribution in [0.2, 0.25) is 5.02 Å². The number of sulfonamides is 1. The SMILES string of the molecule is COc1ccc(C2CN(c3ccc(C4(NS(C)(=O)=O)CC4)nc3)CCC2NC(=O)Nc2ccc(Cl)cc2)nc1. The third-order valence-corrected chi connectivity index (χ3v) is 8.15. The number of rotatable bonds is 8. The fourth-order valence-electron chi connectivity index (χ4n) is 5.01. The predicted molar refractivity (Wildman–Crippen MR) is 151 cm³/mol. The molecule has 2 fully saturated rings. The first-order chi connectivity index (χ1) is 18.6. The first-order valence-electron chi connectivity index (χ1n) is 12.7. The minimum absolute atomic E-state index is 0.0954. The van der Waals surface area contributed by atoms with Crippen molar-refractivity contribution in [2.45, 2.75) is 36.8 Å². The molecule has 0 spiro atoms. The van der Waals surface area contributed by atoms with Crippen LogP contribution in [-0.4, -0.2) is 56.9 Å². The molecule has 1 aromatic carbocycles. The van der Waals surface area contributed by atoms with E-state index in [2.05, 4.69) is 30.2 Å². The van der Waals surface area contributed by atoms with E-state index in [1.54, 1.807) is 43.8 Å². The molecule has 2 unspecified atom stereocenters. The predicted octanol–water partition coefficient (Wildman–Crippen LogP) is 3.86. The molecule has 0 bridgehead atoms. The van der Waals surface area contributed by atoms with Gasteiger partial charge in [-0.3, -0.25) is 9.97 Å². The van der Waals surface area contributed by atoms with Gasteiger partial charge in [-0.2, -0.15) is 0 Å². The summed E-state index contributed by atoms with van der Waals surface area (Å²) in [7, 11) is -1.75. The summed E-state index contributed by atoms with van der Waals surface area (Å²) in [6.07, 6.45) is 6.79. The van der Waals surface area contributed by atoms with Crippen LogP contribution in [0, 0.1) is 0 Å². The van der Waals surface area contributed by atoms with Crippen LogP contribution in [0.1, 0.15) is 36.6 Å². The van der Waals surface area contributed by atoms with E-state index in [-0.39, 0.29) is 18.0 Å². The van der Waals surface area contributed by atoms with Crippen molar-refractivity contribution in [1.29, 1.82) is 0 Å². The molecule has 2 atom stereocenters. The summed E-state index contributed by atoms with van der Waals surface area (Å²) in [6, 6.07) is 14.2. The third kappa shape index (κ3) is 6.60. The lowest BCUT2D eigenvalue weighted by atomic mass is 9.88. The van der Waals surface area contributed by atoms with Crippen LogP contribution in [0.15, 0.2) is 60.9 Å². The smallest absolute Gasteiger partial charge is 0.319 e. The lowest BCUT2D eigenvalue weighted by molar-refractivity contribution is 0.243. The summed E-state index contributed by atoms with van der Waals surface area (Å²) < 4.78 is 31.6. The number of carbonyl (C=O) groups is 1. The van der Waals surface area contributed by atoms with Gasteiger partial charge in [-0.25, -0.2) is 17.9 Å². The number of piperidine rings is 1. The summed E-state index contributed by atoms with van der Waals surface area (Å²) in [6.45, 7) is 1.31. The highest BCUT2D eigenvalue weighted by Crippen LogP contribution is 2.45. The molecule has 5 rings (SSSR count). The Kier molecular flexibility index (Phi) is 7.66. The maximum atomic E-state index is 12.9. The topological polar surface area (TPSA) is 126 Å². The molecule has 1 aliphatic carbocycles. The van der Waals surface area contributed by atoms with E-state index >= 15 is 0 Å². The highest BCUT2D eigenvalue weighted by molar-refractivity contribution is 7.88. The standard InChI is InChI=1S/C27H31ClN6O4S/c1-38-21-8-9-23(29-16-21)22-17-34(14-11-24(22)32-26(35)31-19-5-3-18(28)4-6-19)20-7-10-25(30-15-20)27(12-13-27)33-39(2,36)37/h3-10,15-16,22,24,33H,11-14,17H2,1-2H3,(H2,31,32,35). The Balaban J connectivity index is 1.32. The molecule has 2 aromatic heterocycles. The number of benzene rings is 1. The summed E-state index contributed by atoms with van der Waals surface area (Å²) in [5, 5.41) is 6.60. The van der Waals surface area contributed by atoms with Crippen molar-refractivity contribution in [2.24, 2.45) is 0 Å². The molecule has 12 heteroatoms. The number of methoxy groups -OCH3 is 1. The molecule has 2 aliphatic rings. The Labute approximate surface area is 233 Å². The van der Waals surface area contributed by atoms with Crippen LogP contribution in [0.25, 0.3) is 0 Å². The molecule has 206 valence electrons. The number of halogens is 1. The average molecular weight is 571 g/mol. The van der Waals surface area contributed by atoms with Gasteiger partial charge in [-0.05, 0) is 67.8 Å². The number of anilines is 2. The van der Waals surface area contributed by atoms with Crippen molar-refractivity contribution < 1.29 is 17.9 Å². The van der Waals surface area contributed by atoms with E-state index in [0.29, 0.717) is 36.0 Å². The van der Waals surface area contributed by atoms with Crippen molar-refractivity contribution in [3.05, 3.63) is 77.3 Å². The second kappa shape index (κ2) is 11.0. The summed E-state index contributed by atoms with van der Waals surface area (Å²) in [4.78, 5) is 24.3. The molecular formula is C27H31ClN6O4S. The fourth-order valence-corrected chi connectivity index (χ4v) is 6.15. The van der Waals surface area contributed by atoms with E-state index in [4.69, 9.17) is 16.3 Å². The maximum absolute atomic E-state index is 12.9. The molecule has 39 heavy (non-hydrogen) atoms. The minimum Gasteiger partial charge on any atom is -0.495 e. The highest BCUT2D eigenvalue weighted by Gasteiger charge is 2.48. The average Bonchev–Trinajstić information content (AvgIpc) is 3.69. The first-order valence-corrected chi connectivity index (χ1v) is 14.9. The Morgan fingerprint density at radius 2 is 1.85 bits per heavy atom. The number of nitrogens with one attached hydrogen (secondary N) is 3. The van der Waals surface area contributed by atoms with E-state index in [9.17, 15) is 13.2 Å². The molecule has 3 aromatic rings. The van der Waals surface area contributed by atoms with Gasteiger partial charge in [0.05, 0.1) is 42.7 Å². The molecule has 2 amide bonds. The van der Waals surface area contributed by atoms with Crippen molar-refractivity contribution in [2.75, 3.05) is 36.7 Å². The summed E-state index contributed by atoms with van der Waals surface area (Å²) in [5.41, 5.74) is 2.54. The Bertz CT molecular complexity index is 1410. The molecule has 0 radical (unpaired) electrons. The van der Waals surface area contributed by atoms with Crippen LogP contribution in [0.3, 0.4) is 0 Å². The minimum atomic E-state index is -3.34. The van der Waals surface area contributed by atoms with E-state index < -0.39 is 15.6 Å². The molecule has 1 saturated heterocycles. The second-order valence-electron chi connectivity index (χ2n) is 10.0. The normalized spacial score (nSPS) is 20.2. The van der Waals surface area contributed by atoms with E-state index in [1.807, 2.05) is 24.3 Å². The summed E-state index contributed by atoms with van der Waals surface area (Å²) >= 11 is 5.96.